The molecule has 0 radical (unpaired) electrons. The summed E-state index contributed by atoms with van der Waals surface area (Å²) in [5.74, 6) is -0.217. The number of carbonyl (C=O) groups excluding carboxylic acids is 1. The molecule has 0 saturated carbocycles. The molecule has 1 aromatic carbocycles. The number of aromatic amines is 1. The van der Waals surface area contributed by atoms with E-state index in [1.165, 1.54) is 18.7 Å². The number of aliphatic imine (C=N–C) groups is 2. The Morgan fingerprint density at radius 2 is 1.58 bits per heavy atom. The molecule has 2 aromatic rings. The van der Waals surface area contributed by atoms with Crippen molar-refractivity contribution in [3.05, 3.63) is 52.3 Å². The van der Waals surface area contributed by atoms with E-state index in [9.17, 15) is 4.79 Å². The number of hydrogen-bond acceptors (Lipinski definition) is 2. The van der Waals surface area contributed by atoms with Crippen LogP contribution in [0.25, 0.3) is 0 Å². The number of carbonyl (C=O) groups is 1. The number of aromatic nitrogens is 1. The first-order valence-corrected chi connectivity index (χ1v) is 10.1. The van der Waals surface area contributed by atoms with E-state index in [-0.39, 0.29) is 19.0 Å². The van der Waals surface area contributed by atoms with Gasteiger partial charge in [-0.15, -0.1) is 0 Å². The summed E-state index contributed by atoms with van der Waals surface area (Å²) >= 11 is 0.194. The summed E-state index contributed by atoms with van der Waals surface area (Å²) in [4.78, 5) is 22.2. The van der Waals surface area contributed by atoms with E-state index in [1.807, 2.05) is 12.1 Å². The van der Waals surface area contributed by atoms with Gasteiger partial charge in [-0.3, -0.25) is 9.79 Å². The van der Waals surface area contributed by atoms with Crippen molar-refractivity contribution >= 4 is 44.2 Å². The van der Waals surface area contributed by atoms with Gasteiger partial charge in [0.2, 0.25) is 5.91 Å². The standard InChI is InChI=1S/C17H19N3O.2ClH.Fe/c1-11-7-12(2)17(13(3)8-11)19-10-16-6-5-15(20-16)9-18-14(4)21;;;/h5-10,20H,1-4H3;2*1H;/q;;;+2/p-2. The van der Waals surface area contributed by atoms with Gasteiger partial charge in [-0.1, -0.05) is 17.7 Å². The summed E-state index contributed by atoms with van der Waals surface area (Å²) in [6, 6.07) is 8.02. The molecule has 0 aliphatic heterocycles. The predicted molar refractivity (Wildman–Crippen MR) is 98.7 cm³/mol. The Kier molecular flexibility index (Phi) is 9.01. The first-order chi connectivity index (χ1) is 11.4. The molecule has 24 heavy (non-hydrogen) atoms. The number of halogens is 2. The Hall–Kier alpha value is -1.39. The average Bonchev–Trinajstić information content (AvgIpc) is 2.93. The summed E-state index contributed by atoms with van der Waals surface area (Å²) in [6.45, 7) is 7.63. The molecule has 0 fully saturated rings. The van der Waals surface area contributed by atoms with Crippen LogP contribution in [0.5, 0.6) is 0 Å². The molecular formula is C17H19Cl2FeN3O. The molecule has 7 heteroatoms. The van der Waals surface area contributed by atoms with Gasteiger partial charge >= 0.3 is 33.3 Å². The van der Waals surface area contributed by atoms with Crippen molar-refractivity contribution in [2.45, 2.75) is 27.7 Å². The van der Waals surface area contributed by atoms with Crippen LogP contribution in [0, 0.1) is 20.8 Å². The minimum atomic E-state index is -0.217. The van der Waals surface area contributed by atoms with E-state index >= 15 is 0 Å². The second-order valence-electron chi connectivity index (χ2n) is 5.20. The van der Waals surface area contributed by atoms with Crippen LogP contribution in [-0.2, 0) is 17.9 Å². The molecule has 1 heterocycles. The zero-order valence-electron chi connectivity index (χ0n) is 13.9. The summed E-state index contributed by atoms with van der Waals surface area (Å²) in [7, 11) is 9.53. The van der Waals surface area contributed by atoms with Crippen LogP contribution >= 0.6 is 20.2 Å². The van der Waals surface area contributed by atoms with Crippen LogP contribution in [0.3, 0.4) is 0 Å². The molecule has 1 amide bonds. The fourth-order valence-electron chi connectivity index (χ4n) is 2.25. The van der Waals surface area contributed by atoms with Crippen LogP contribution in [-0.4, -0.2) is 23.3 Å². The van der Waals surface area contributed by atoms with E-state index < -0.39 is 0 Å². The number of H-pyrrole nitrogens is 1. The van der Waals surface area contributed by atoms with E-state index in [2.05, 4.69) is 47.9 Å². The molecule has 2 rings (SSSR count). The van der Waals surface area contributed by atoms with Gasteiger partial charge in [0.1, 0.15) is 0 Å². The van der Waals surface area contributed by atoms with Gasteiger partial charge < -0.3 is 4.98 Å². The Bertz CT molecular complexity index is 731. The van der Waals surface area contributed by atoms with E-state index in [1.54, 1.807) is 6.21 Å². The number of aryl methyl sites for hydroxylation is 3. The van der Waals surface area contributed by atoms with Crippen LogP contribution in [0.15, 0.2) is 34.3 Å². The topological polar surface area (TPSA) is 57.6 Å². The van der Waals surface area contributed by atoms with Crippen molar-refractivity contribution in [3.63, 3.8) is 0 Å². The first kappa shape index (κ1) is 20.7. The number of nitrogens with one attached hydrogen (secondary N) is 1. The third-order valence-corrected chi connectivity index (χ3v) is 3.08. The number of nitrogens with zero attached hydrogens (tertiary/aromatic N) is 2. The van der Waals surface area contributed by atoms with Gasteiger partial charge in [0.05, 0.1) is 29.5 Å². The normalized spacial score (nSPS) is 11.1. The van der Waals surface area contributed by atoms with Crippen molar-refractivity contribution in [2.75, 3.05) is 0 Å². The van der Waals surface area contributed by atoms with Crippen LogP contribution in [0.1, 0.15) is 35.0 Å². The fourth-order valence-corrected chi connectivity index (χ4v) is 2.25. The Balaban J connectivity index is 0.000000891. The van der Waals surface area contributed by atoms with E-state index in [0.29, 0.717) is 0 Å². The first-order valence-electron chi connectivity index (χ1n) is 7.08. The number of benzene rings is 1. The third kappa shape index (κ3) is 7.02. The summed E-state index contributed by atoms with van der Waals surface area (Å²) in [5.41, 5.74) is 6.21. The Labute approximate surface area is 157 Å². The summed E-state index contributed by atoms with van der Waals surface area (Å²) in [6.07, 6.45) is 3.30. The number of hydrogen-bond donors (Lipinski definition) is 1. The Morgan fingerprint density at radius 1 is 1.08 bits per heavy atom. The van der Waals surface area contributed by atoms with Gasteiger partial charge in [0.15, 0.2) is 0 Å². The quantitative estimate of drug-likeness (QED) is 0.562. The minimum absolute atomic E-state index is 0.194. The van der Waals surface area contributed by atoms with E-state index in [0.717, 1.165) is 28.2 Å². The zero-order chi connectivity index (χ0) is 18.1. The van der Waals surface area contributed by atoms with Gasteiger partial charge in [-0.25, -0.2) is 4.99 Å². The van der Waals surface area contributed by atoms with E-state index in [4.69, 9.17) is 20.2 Å². The second kappa shape index (κ2) is 10.5. The Morgan fingerprint density at radius 3 is 2.08 bits per heavy atom. The molecule has 0 aliphatic rings. The molecule has 0 saturated heterocycles. The monoisotopic (exact) mass is 407 g/mol. The summed E-state index contributed by atoms with van der Waals surface area (Å²) in [5, 5.41) is 0. The molecular weight excluding hydrogens is 389 g/mol. The van der Waals surface area contributed by atoms with Crippen molar-refractivity contribution in [1.82, 2.24) is 4.98 Å². The van der Waals surface area contributed by atoms with Gasteiger partial charge in [-0.05, 0) is 44.0 Å². The molecule has 1 N–H and O–H groups in total. The molecule has 4 nitrogen and oxygen atoms in total. The third-order valence-electron chi connectivity index (χ3n) is 3.08. The zero-order valence-corrected chi connectivity index (χ0v) is 16.5. The number of amides is 1. The fraction of sp³-hybridized carbons (Fsp3) is 0.235. The SMILES string of the molecule is CC(=O)N=Cc1ccc(C=Nc2c(C)cc(C)cc2C)[nH]1.[Cl][Fe][Cl]. The second-order valence-corrected chi connectivity index (χ2v) is 7.03. The maximum atomic E-state index is 10.8. The van der Waals surface area contributed by atoms with Crippen LogP contribution in [0.4, 0.5) is 5.69 Å². The molecule has 1 aromatic heterocycles. The van der Waals surface area contributed by atoms with Crippen molar-refractivity contribution in [3.8, 4) is 0 Å². The molecule has 0 aliphatic carbocycles. The van der Waals surface area contributed by atoms with Crippen molar-refractivity contribution in [2.24, 2.45) is 9.98 Å². The van der Waals surface area contributed by atoms with Crippen LogP contribution < -0.4 is 0 Å². The molecule has 0 unspecified atom stereocenters. The maximum absolute atomic E-state index is 10.8. The number of rotatable bonds is 3. The van der Waals surface area contributed by atoms with Crippen molar-refractivity contribution < 1.29 is 17.9 Å². The average molecular weight is 408 g/mol. The van der Waals surface area contributed by atoms with Gasteiger partial charge in [0, 0.05) is 6.92 Å². The predicted octanol–water partition coefficient (Wildman–Crippen LogP) is 5.03. The van der Waals surface area contributed by atoms with Crippen LogP contribution in [0.2, 0.25) is 0 Å². The molecule has 130 valence electrons. The summed E-state index contributed by atoms with van der Waals surface area (Å²) < 4.78 is 0. The van der Waals surface area contributed by atoms with Crippen molar-refractivity contribution in [1.29, 1.82) is 0 Å². The molecule has 0 bridgehead atoms. The molecule has 0 atom stereocenters. The molecule has 0 spiro atoms. The van der Waals surface area contributed by atoms with Gasteiger partial charge in [0.25, 0.3) is 0 Å². The van der Waals surface area contributed by atoms with Gasteiger partial charge in [-0.2, -0.15) is 0 Å².